The van der Waals surface area contributed by atoms with E-state index in [0.717, 1.165) is 22.2 Å². The molecule has 0 radical (unpaired) electrons. The minimum absolute atomic E-state index is 0. The average Bonchev–Trinajstić information content (AvgIpc) is 3.48. The highest BCUT2D eigenvalue weighted by Crippen LogP contribution is 2.39. The molecule has 5 rings (SSSR count). The standard InChI is InChI=1S/C24H18F6N4O3.ClH/c1-36-19(35)10-18-20-15(4-5-31-18)16-8-11(2-3-17(16)32-20)21-33-22(37-34-21)12-6-13(23(25,26)27)9-14(7-12)24(28,29)30;/h2-3,6-9,18,31-32H,4-5,10H2,1H3;1H. The van der Waals surface area contributed by atoms with Crippen LogP contribution in [0.2, 0.25) is 0 Å². The number of alkyl halides is 6. The lowest BCUT2D eigenvalue weighted by atomic mass is 9.97. The van der Waals surface area contributed by atoms with Crippen molar-refractivity contribution in [3.8, 4) is 22.8 Å². The maximum absolute atomic E-state index is 13.2. The van der Waals surface area contributed by atoms with Crippen LogP contribution in [0.15, 0.2) is 40.9 Å². The van der Waals surface area contributed by atoms with Gasteiger partial charge in [0.25, 0.3) is 5.89 Å². The summed E-state index contributed by atoms with van der Waals surface area (Å²) in [6, 6.07) is 5.99. The van der Waals surface area contributed by atoms with Crippen LogP contribution in [0.1, 0.15) is 34.8 Å². The summed E-state index contributed by atoms with van der Waals surface area (Å²) in [7, 11) is 1.31. The number of fused-ring (bicyclic) bond motifs is 3. The Morgan fingerprint density at radius 1 is 1.05 bits per heavy atom. The Balaban J connectivity index is 0.00000336. The molecule has 2 aromatic heterocycles. The Kier molecular flexibility index (Phi) is 7.19. The van der Waals surface area contributed by atoms with Crippen LogP contribution in [0.3, 0.4) is 0 Å². The highest BCUT2D eigenvalue weighted by Gasteiger charge is 2.37. The first kappa shape index (κ1) is 27.5. The van der Waals surface area contributed by atoms with Crippen molar-refractivity contribution in [1.29, 1.82) is 0 Å². The Morgan fingerprint density at radius 3 is 2.37 bits per heavy atom. The van der Waals surface area contributed by atoms with Gasteiger partial charge in [0.05, 0.1) is 30.7 Å². The lowest BCUT2D eigenvalue weighted by molar-refractivity contribution is -0.143. The summed E-state index contributed by atoms with van der Waals surface area (Å²) in [5.74, 6) is -0.852. The van der Waals surface area contributed by atoms with Crippen molar-refractivity contribution in [1.82, 2.24) is 20.4 Å². The van der Waals surface area contributed by atoms with E-state index in [1.165, 1.54) is 7.11 Å². The van der Waals surface area contributed by atoms with Crippen molar-refractivity contribution < 1.29 is 40.4 Å². The van der Waals surface area contributed by atoms with Crippen molar-refractivity contribution in [3.05, 3.63) is 58.8 Å². The van der Waals surface area contributed by atoms with Crippen molar-refractivity contribution >= 4 is 29.3 Å². The first-order valence-electron chi connectivity index (χ1n) is 11.0. The normalized spacial score (nSPS) is 15.7. The van der Waals surface area contributed by atoms with Gasteiger partial charge in [0.2, 0.25) is 5.82 Å². The molecule has 0 bridgehead atoms. The van der Waals surface area contributed by atoms with Gasteiger partial charge < -0.3 is 19.6 Å². The number of rotatable bonds is 4. The summed E-state index contributed by atoms with van der Waals surface area (Å²) in [5, 5.41) is 7.88. The molecule has 0 amide bonds. The lowest BCUT2D eigenvalue weighted by Crippen LogP contribution is -2.31. The molecule has 38 heavy (non-hydrogen) atoms. The van der Waals surface area contributed by atoms with Crippen molar-refractivity contribution in [2.75, 3.05) is 13.7 Å². The number of hydrogen-bond donors (Lipinski definition) is 2. The monoisotopic (exact) mass is 560 g/mol. The third-order valence-electron chi connectivity index (χ3n) is 6.17. The van der Waals surface area contributed by atoms with Gasteiger partial charge in [0, 0.05) is 27.7 Å². The minimum Gasteiger partial charge on any atom is -0.469 e. The Bertz CT molecular complexity index is 1460. The van der Waals surface area contributed by atoms with E-state index >= 15 is 0 Å². The van der Waals surface area contributed by atoms with E-state index in [9.17, 15) is 31.1 Å². The maximum atomic E-state index is 13.2. The SMILES string of the molecule is COC(=O)CC1NCCc2c1[nH]c1ccc(-c3noc(-c4cc(C(F)(F)F)cc(C(F)(F)F)c4)n3)cc21.Cl. The fourth-order valence-corrected chi connectivity index (χ4v) is 4.41. The number of nitrogens with zero attached hydrogens (tertiary/aromatic N) is 2. The Hall–Kier alpha value is -3.58. The van der Waals surface area contributed by atoms with Crippen LogP contribution in [-0.4, -0.2) is 34.7 Å². The maximum Gasteiger partial charge on any atom is 0.416 e. The first-order valence-corrected chi connectivity index (χ1v) is 11.0. The van der Waals surface area contributed by atoms with Gasteiger partial charge in [-0.1, -0.05) is 5.16 Å². The van der Waals surface area contributed by atoms with E-state index < -0.39 is 34.9 Å². The van der Waals surface area contributed by atoms with Gasteiger partial charge in [0.15, 0.2) is 0 Å². The molecule has 1 aliphatic rings. The number of hydrogen-bond acceptors (Lipinski definition) is 6. The van der Waals surface area contributed by atoms with Crippen LogP contribution < -0.4 is 5.32 Å². The summed E-state index contributed by atoms with van der Waals surface area (Å²) in [5.41, 5.74) is -0.417. The van der Waals surface area contributed by atoms with Gasteiger partial charge in [-0.25, -0.2) is 0 Å². The second-order valence-electron chi connectivity index (χ2n) is 8.53. The van der Waals surface area contributed by atoms with Gasteiger partial charge in [-0.15, -0.1) is 12.4 Å². The predicted molar refractivity (Wildman–Crippen MR) is 125 cm³/mol. The van der Waals surface area contributed by atoms with E-state index in [2.05, 4.69) is 20.4 Å². The topological polar surface area (TPSA) is 93.0 Å². The van der Waals surface area contributed by atoms with Gasteiger partial charge in [-0.2, -0.15) is 31.3 Å². The number of ether oxygens (including phenoxy) is 1. The van der Waals surface area contributed by atoms with Crippen LogP contribution in [0.5, 0.6) is 0 Å². The van der Waals surface area contributed by atoms with E-state index in [-0.39, 0.29) is 42.7 Å². The number of halogens is 7. The summed E-state index contributed by atoms with van der Waals surface area (Å²) >= 11 is 0. The molecule has 14 heteroatoms. The predicted octanol–water partition coefficient (Wildman–Crippen LogP) is 6.09. The van der Waals surface area contributed by atoms with Crippen LogP contribution in [0.25, 0.3) is 33.7 Å². The number of H-pyrrole nitrogens is 1. The van der Waals surface area contributed by atoms with Crippen LogP contribution in [0, 0.1) is 0 Å². The van der Waals surface area contributed by atoms with Crippen molar-refractivity contribution in [2.45, 2.75) is 31.2 Å². The highest BCUT2D eigenvalue weighted by atomic mass is 35.5. The molecule has 0 saturated heterocycles. The number of aromatic amines is 1. The zero-order valence-electron chi connectivity index (χ0n) is 19.5. The average molecular weight is 561 g/mol. The molecule has 2 aromatic carbocycles. The van der Waals surface area contributed by atoms with E-state index in [1.54, 1.807) is 18.2 Å². The Morgan fingerprint density at radius 2 is 1.74 bits per heavy atom. The number of esters is 1. The number of benzene rings is 2. The molecule has 0 aliphatic carbocycles. The number of carbonyl (C=O) groups is 1. The summed E-state index contributed by atoms with van der Waals surface area (Å²) in [4.78, 5) is 19.2. The summed E-state index contributed by atoms with van der Waals surface area (Å²) in [6.07, 6.45) is -9.21. The van der Waals surface area contributed by atoms with E-state index in [4.69, 9.17) is 9.26 Å². The number of carbonyl (C=O) groups excluding carboxylic acids is 1. The molecule has 202 valence electrons. The third-order valence-corrected chi connectivity index (χ3v) is 6.17. The summed E-state index contributed by atoms with van der Waals surface area (Å²) in [6.45, 7) is 0.620. The molecule has 3 heterocycles. The molecule has 0 saturated carbocycles. The molecular weight excluding hydrogens is 542 g/mol. The van der Waals surface area contributed by atoms with Crippen LogP contribution in [0.4, 0.5) is 26.3 Å². The van der Waals surface area contributed by atoms with Gasteiger partial charge in [-0.3, -0.25) is 4.79 Å². The second kappa shape index (κ2) is 9.95. The van der Waals surface area contributed by atoms with Gasteiger partial charge >= 0.3 is 18.3 Å². The Labute approximate surface area is 217 Å². The fraction of sp³-hybridized carbons (Fsp3) is 0.292. The summed E-state index contributed by atoms with van der Waals surface area (Å²) < 4.78 is 89.2. The zero-order valence-corrected chi connectivity index (χ0v) is 20.3. The van der Waals surface area contributed by atoms with Crippen molar-refractivity contribution in [3.63, 3.8) is 0 Å². The largest absolute Gasteiger partial charge is 0.469 e. The fourth-order valence-electron chi connectivity index (χ4n) is 4.41. The quantitative estimate of drug-likeness (QED) is 0.232. The smallest absolute Gasteiger partial charge is 0.416 e. The van der Waals surface area contributed by atoms with Crippen molar-refractivity contribution in [2.24, 2.45) is 0 Å². The molecule has 1 unspecified atom stereocenters. The van der Waals surface area contributed by atoms with Gasteiger partial charge in [-0.05, 0) is 54.9 Å². The molecule has 4 aromatic rings. The zero-order chi connectivity index (χ0) is 26.5. The number of methoxy groups -OCH3 is 1. The van der Waals surface area contributed by atoms with E-state index in [0.29, 0.717) is 30.7 Å². The molecule has 1 aliphatic heterocycles. The molecule has 0 spiro atoms. The molecular formula is C24H19ClF6N4O3. The first-order chi connectivity index (χ1) is 17.4. The third kappa shape index (κ3) is 5.20. The van der Waals surface area contributed by atoms with Crippen LogP contribution >= 0.6 is 12.4 Å². The minimum atomic E-state index is -5.00. The van der Waals surface area contributed by atoms with E-state index in [1.807, 2.05) is 0 Å². The van der Waals surface area contributed by atoms with Gasteiger partial charge in [0.1, 0.15) is 0 Å². The molecule has 0 fully saturated rings. The lowest BCUT2D eigenvalue weighted by Gasteiger charge is -2.23. The highest BCUT2D eigenvalue weighted by molar-refractivity contribution is 5.89. The number of aromatic nitrogens is 3. The second-order valence-corrected chi connectivity index (χ2v) is 8.53. The molecule has 2 N–H and O–H groups in total. The molecule has 7 nitrogen and oxygen atoms in total. The van der Waals surface area contributed by atoms with Crippen LogP contribution in [-0.2, 0) is 28.3 Å². The molecule has 1 atom stereocenters. The number of nitrogens with one attached hydrogen (secondary N) is 2.